The van der Waals surface area contributed by atoms with Crippen molar-refractivity contribution >= 4 is 28.9 Å². The third kappa shape index (κ3) is 5.48. The number of halogens is 1. The number of carbonyl (C=O) groups excluding carboxylic acids is 1. The Kier molecular flexibility index (Phi) is 6.76. The molecular weight excluding hydrogens is 392 g/mol. The Labute approximate surface area is 174 Å². The lowest BCUT2D eigenvalue weighted by molar-refractivity contribution is -0.117. The highest BCUT2D eigenvalue weighted by atomic mass is 35.5. The van der Waals surface area contributed by atoms with E-state index in [9.17, 15) is 15.0 Å². The molecule has 1 amide bonds. The van der Waals surface area contributed by atoms with Gasteiger partial charge < -0.3 is 26.4 Å². The van der Waals surface area contributed by atoms with Gasteiger partial charge in [0.1, 0.15) is 6.23 Å². The average molecular weight is 417 g/mol. The number of aliphatic hydroxyl groups is 2. The molecule has 0 radical (unpaired) electrons. The summed E-state index contributed by atoms with van der Waals surface area (Å²) >= 11 is 5.84. The molecule has 29 heavy (non-hydrogen) atoms. The minimum absolute atomic E-state index is 0.00300. The van der Waals surface area contributed by atoms with Gasteiger partial charge in [-0.1, -0.05) is 29.3 Å². The number of aliphatic hydroxyl groups excluding tert-OH is 2. The molecule has 8 heteroatoms. The van der Waals surface area contributed by atoms with Gasteiger partial charge in [0.15, 0.2) is 0 Å². The summed E-state index contributed by atoms with van der Waals surface area (Å²) in [7, 11) is 0. The van der Waals surface area contributed by atoms with Crippen LogP contribution in [0, 0.1) is 6.92 Å². The molecule has 1 fully saturated rings. The number of amides is 1. The molecule has 6 N–H and O–H groups in total. The van der Waals surface area contributed by atoms with Crippen molar-refractivity contribution in [1.29, 1.82) is 0 Å². The lowest BCUT2D eigenvalue weighted by Gasteiger charge is -2.17. The zero-order valence-corrected chi connectivity index (χ0v) is 17.0. The van der Waals surface area contributed by atoms with Crippen LogP contribution in [-0.2, 0) is 4.79 Å². The summed E-state index contributed by atoms with van der Waals surface area (Å²) in [5.41, 5.74) is 9.63. The number of allylic oxidation sites excluding steroid dienone is 1. The smallest absolute Gasteiger partial charge is 0.226 e. The van der Waals surface area contributed by atoms with Gasteiger partial charge in [0.25, 0.3) is 0 Å². The topological polar surface area (TPSA) is 106 Å². The van der Waals surface area contributed by atoms with Crippen LogP contribution in [0.4, 0.5) is 11.4 Å². The Bertz CT molecular complexity index is 884. The fourth-order valence-electron chi connectivity index (χ4n) is 3.18. The molecule has 0 aromatic heterocycles. The number of hydrazine groups is 1. The van der Waals surface area contributed by atoms with E-state index in [2.05, 4.69) is 21.5 Å². The first-order chi connectivity index (χ1) is 13.8. The van der Waals surface area contributed by atoms with Crippen molar-refractivity contribution in [1.82, 2.24) is 10.7 Å². The Hall–Kier alpha value is -2.58. The third-order valence-corrected chi connectivity index (χ3v) is 5.03. The first-order valence-corrected chi connectivity index (χ1v) is 9.68. The van der Waals surface area contributed by atoms with E-state index in [1.165, 1.54) is 0 Å². The maximum atomic E-state index is 12.3. The standard InChI is InChI=1S/C21H25ClN4O3/c1-12-3-7-16(8-4-12)26-25-13(2)19-20(28)17(24-21(19)29)11-18(27)23-15-9-5-14(22)6-10-15/h3-10,17,20-21,24-26,28-29H,11H2,1-2H3,(H,23,27)/b19-13-. The van der Waals surface area contributed by atoms with E-state index in [1.54, 1.807) is 31.2 Å². The van der Waals surface area contributed by atoms with E-state index in [0.29, 0.717) is 22.0 Å². The molecular formula is C21H25ClN4O3. The van der Waals surface area contributed by atoms with Crippen LogP contribution < -0.4 is 21.5 Å². The first kappa shape index (κ1) is 21.1. The number of benzene rings is 2. The van der Waals surface area contributed by atoms with Crippen LogP contribution in [-0.4, -0.2) is 34.5 Å². The quantitative estimate of drug-likeness (QED) is 0.404. The molecule has 2 aromatic rings. The highest BCUT2D eigenvalue weighted by molar-refractivity contribution is 6.30. The summed E-state index contributed by atoms with van der Waals surface area (Å²) < 4.78 is 0. The average Bonchev–Trinajstić information content (AvgIpc) is 2.96. The van der Waals surface area contributed by atoms with Crippen LogP contribution in [0.1, 0.15) is 18.9 Å². The lowest BCUT2D eigenvalue weighted by atomic mass is 10.0. The van der Waals surface area contributed by atoms with E-state index in [1.807, 2.05) is 31.2 Å². The molecule has 3 rings (SSSR count). The highest BCUT2D eigenvalue weighted by Gasteiger charge is 2.38. The van der Waals surface area contributed by atoms with Crippen LogP contribution >= 0.6 is 11.6 Å². The van der Waals surface area contributed by atoms with Gasteiger partial charge in [0.05, 0.1) is 11.8 Å². The molecule has 1 heterocycles. The van der Waals surface area contributed by atoms with E-state index in [0.717, 1.165) is 11.3 Å². The molecule has 1 aliphatic rings. The fourth-order valence-corrected chi connectivity index (χ4v) is 3.31. The van der Waals surface area contributed by atoms with E-state index in [-0.39, 0.29) is 12.3 Å². The third-order valence-electron chi connectivity index (χ3n) is 4.78. The molecule has 0 aliphatic carbocycles. The minimum atomic E-state index is -1.05. The number of aryl methyl sites for hydroxylation is 1. The maximum absolute atomic E-state index is 12.3. The monoisotopic (exact) mass is 416 g/mol. The molecule has 1 aliphatic heterocycles. The molecule has 0 saturated carbocycles. The van der Waals surface area contributed by atoms with Gasteiger partial charge in [-0.15, -0.1) is 0 Å². The van der Waals surface area contributed by atoms with Crippen molar-refractivity contribution in [2.75, 3.05) is 10.7 Å². The predicted octanol–water partition coefficient (Wildman–Crippen LogP) is 2.52. The van der Waals surface area contributed by atoms with Crippen LogP contribution in [0.2, 0.25) is 5.02 Å². The van der Waals surface area contributed by atoms with E-state index in [4.69, 9.17) is 11.6 Å². The number of rotatable bonds is 6. The Morgan fingerprint density at radius 3 is 2.34 bits per heavy atom. The predicted molar refractivity (Wildman–Crippen MR) is 114 cm³/mol. The van der Waals surface area contributed by atoms with Crippen LogP contribution in [0.3, 0.4) is 0 Å². The van der Waals surface area contributed by atoms with Crippen molar-refractivity contribution in [2.24, 2.45) is 0 Å². The number of anilines is 2. The first-order valence-electron chi connectivity index (χ1n) is 9.30. The zero-order chi connectivity index (χ0) is 21.0. The van der Waals surface area contributed by atoms with Crippen molar-refractivity contribution in [3.05, 3.63) is 70.4 Å². The SMILES string of the molecule is C/C(NNc1ccc(C)cc1)=C1/C(O)NC(CC(=O)Nc2ccc(Cl)cc2)C1O. The van der Waals surface area contributed by atoms with E-state index >= 15 is 0 Å². The summed E-state index contributed by atoms with van der Waals surface area (Å²) in [4.78, 5) is 12.3. The largest absolute Gasteiger partial charge is 0.387 e. The second-order valence-corrected chi connectivity index (χ2v) is 7.51. The number of carbonyl (C=O) groups is 1. The van der Waals surface area contributed by atoms with Crippen LogP contribution in [0.15, 0.2) is 59.8 Å². The van der Waals surface area contributed by atoms with Gasteiger partial charge in [0, 0.05) is 34.4 Å². The van der Waals surface area contributed by atoms with Gasteiger partial charge in [-0.25, -0.2) is 0 Å². The summed E-state index contributed by atoms with van der Waals surface area (Å²) in [5, 5.41) is 27.1. The van der Waals surface area contributed by atoms with Crippen LogP contribution in [0.25, 0.3) is 0 Å². The highest BCUT2D eigenvalue weighted by Crippen LogP contribution is 2.24. The fraction of sp³-hybridized carbons (Fsp3) is 0.286. The summed E-state index contributed by atoms with van der Waals surface area (Å²) in [6, 6.07) is 13.9. The molecule has 3 atom stereocenters. The number of nitrogens with one attached hydrogen (secondary N) is 4. The lowest BCUT2D eigenvalue weighted by Crippen LogP contribution is -2.36. The van der Waals surface area contributed by atoms with Crippen molar-refractivity contribution in [3.8, 4) is 0 Å². The zero-order valence-electron chi connectivity index (χ0n) is 16.2. The summed E-state index contributed by atoms with van der Waals surface area (Å²) in [5.74, 6) is -0.277. The van der Waals surface area contributed by atoms with Crippen LogP contribution in [0.5, 0.6) is 0 Å². The molecule has 2 aromatic carbocycles. The Morgan fingerprint density at radius 1 is 1.07 bits per heavy atom. The minimum Gasteiger partial charge on any atom is -0.387 e. The van der Waals surface area contributed by atoms with E-state index < -0.39 is 18.4 Å². The van der Waals surface area contributed by atoms with Gasteiger partial charge in [-0.3, -0.25) is 10.1 Å². The van der Waals surface area contributed by atoms with Crippen molar-refractivity contribution in [3.63, 3.8) is 0 Å². The van der Waals surface area contributed by atoms with Gasteiger partial charge in [0.2, 0.25) is 5.91 Å². The van der Waals surface area contributed by atoms with Gasteiger partial charge >= 0.3 is 0 Å². The van der Waals surface area contributed by atoms with Crippen molar-refractivity contribution in [2.45, 2.75) is 38.6 Å². The normalized spacial score (nSPS) is 22.9. The second kappa shape index (κ2) is 9.28. The molecule has 154 valence electrons. The van der Waals surface area contributed by atoms with Gasteiger partial charge in [-0.2, -0.15) is 0 Å². The molecule has 0 spiro atoms. The Morgan fingerprint density at radius 2 is 1.69 bits per heavy atom. The molecule has 3 unspecified atom stereocenters. The second-order valence-electron chi connectivity index (χ2n) is 7.08. The molecule has 0 bridgehead atoms. The van der Waals surface area contributed by atoms with Gasteiger partial charge in [-0.05, 0) is 50.2 Å². The number of hydrogen-bond acceptors (Lipinski definition) is 6. The molecule has 7 nitrogen and oxygen atoms in total. The summed E-state index contributed by atoms with van der Waals surface area (Å²) in [6.07, 6.45) is -2.05. The molecule has 1 saturated heterocycles. The maximum Gasteiger partial charge on any atom is 0.226 e. The van der Waals surface area contributed by atoms with Crippen molar-refractivity contribution < 1.29 is 15.0 Å². The summed E-state index contributed by atoms with van der Waals surface area (Å²) in [6.45, 7) is 3.76. The number of hydrogen-bond donors (Lipinski definition) is 6. The Balaban J connectivity index is 1.60.